The van der Waals surface area contributed by atoms with Gasteiger partial charge in [0, 0.05) is 0 Å². The summed E-state index contributed by atoms with van der Waals surface area (Å²) in [6, 6.07) is 14.6. The van der Waals surface area contributed by atoms with Crippen molar-refractivity contribution in [3.8, 4) is 0 Å². The molecule has 0 radical (unpaired) electrons. The summed E-state index contributed by atoms with van der Waals surface area (Å²) >= 11 is 0. The van der Waals surface area contributed by atoms with Gasteiger partial charge >= 0.3 is 0 Å². The second-order valence-corrected chi connectivity index (χ2v) is 5.14. The summed E-state index contributed by atoms with van der Waals surface area (Å²) in [5, 5.41) is 0. The summed E-state index contributed by atoms with van der Waals surface area (Å²) in [6.07, 6.45) is 1.87. The number of benzene rings is 2. The Kier molecular flexibility index (Phi) is 9.56. The lowest BCUT2D eigenvalue weighted by molar-refractivity contribution is 1.33. The van der Waals surface area contributed by atoms with E-state index in [1.165, 1.54) is 34.9 Å². The maximum Gasteiger partial charge on any atom is -0.0195 e. The van der Waals surface area contributed by atoms with Crippen molar-refractivity contribution in [2.24, 2.45) is 5.73 Å². The summed E-state index contributed by atoms with van der Waals surface area (Å²) in [5.74, 6) is 0. The summed E-state index contributed by atoms with van der Waals surface area (Å²) in [4.78, 5) is 0. The summed E-state index contributed by atoms with van der Waals surface area (Å²) < 4.78 is 0. The van der Waals surface area contributed by atoms with Gasteiger partial charge in [0.05, 0.1) is 0 Å². The minimum atomic E-state index is 1.13. The van der Waals surface area contributed by atoms with Gasteiger partial charge in [-0.05, 0) is 62.6 Å². The molecule has 118 valence electrons. The van der Waals surface area contributed by atoms with Crippen LogP contribution in [-0.2, 0) is 0 Å². The number of rotatable bonds is 2. The van der Waals surface area contributed by atoms with Crippen LogP contribution in [0.5, 0.6) is 0 Å². The number of nitrogens with two attached hydrogens (primary N) is 1. The van der Waals surface area contributed by atoms with Crippen LogP contribution in [0.4, 0.5) is 0 Å². The molecule has 0 aliphatic heterocycles. The van der Waals surface area contributed by atoms with Crippen molar-refractivity contribution in [3.05, 3.63) is 83.4 Å². The van der Waals surface area contributed by atoms with Crippen LogP contribution in [0, 0.1) is 20.8 Å². The monoisotopic (exact) mass is 295 g/mol. The van der Waals surface area contributed by atoms with Gasteiger partial charge in [-0.3, -0.25) is 0 Å². The Hall–Kier alpha value is -2.12. The van der Waals surface area contributed by atoms with Crippen molar-refractivity contribution >= 4 is 11.6 Å². The third-order valence-corrected chi connectivity index (χ3v) is 3.41. The first-order valence-corrected chi connectivity index (χ1v) is 7.44. The molecule has 2 rings (SSSR count). The second kappa shape index (κ2) is 10.6. The highest BCUT2D eigenvalue weighted by atomic mass is 14.4. The van der Waals surface area contributed by atoms with Gasteiger partial charge in [-0.2, -0.15) is 0 Å². The molecule has 1 nitrogen and oxygen atoms in total. The molecule has 2 N–H and O–H groups in total. The van der Waals surface area contributed by atoms with Crippen molar-refractivity contribution in [1.82, 2.24) is 0 Å². The highest BCUT2D eigenvalue weighted by Crippen LogP contribution is 2.15. The third kappa shape index (κ3) is 6.55. The molecule has 0 aromatic heterocycles. The molecule has 2 aromatic rings. The fraction of sp³-hybridized carbons (Fsp3) is 0.238. The van der Waals surface area contributed by atoms with Gasteiger partial charge in [-0.15, -0.1) is 0 Å². The summed E-state index contributed by atoms with van der Waals surface area (Å²) in [5.41, 5.74) is 12.1. The van der Waals surface area contributed by atoms with Crippen molar-refractivity contribution in [1.29, 1.82) is 0 Å². The molecule has 0 aliphatic rings. The molecule has 22 heavy (non-hydrogen) atoms. The molecule has 0 saturated carbocycles. The van der Waals surface area contributed by atoms with Crippen LogP contribution in [-0.4, -0.2) is 7.05 Å². The van der Waals surface area contributed by atoms with Crippen LogP contribution in [0.15, 0.2) is 55.6 Å². The average Bonchev–Trinajstić information content (AvgIpc) is 2.53. The predicted octanol–water partition coefficient (Wildman–Crippen LogP) is 5.55. The maximum absolute atomic E-state index is 4.50. The van der Waals surface area contributed by atoms with E-state index in [1.807, 2.05) is 25.1 Å². The molecule has 0 amide bonds. The topological polar surface area (TPSA) is 26.0 Å². The normalized spacial score (nSPS) is 8.82. The van der Waals surface area contributed by atoms with E-state index in [4.69, 9.17) is 0 Å². The van der Waals surface area contributed by atoms with Gasteiger partial charge in [-0.1, -0.05) is 67.3 Å². The van der Waals surface area contributed by atoms with E-state index in [2.05, 4.69) is 70.0 Å². The van der Waals surface area contributed by atoms with Crippen LogP contribution in [0.25, 0.3) is 11.6 Å². The van der Waals surface area contributed by atoms with E-state index in [-0.39, 0.29) is 0 Å². The molecule has 0 fully saturated rings. The van der Waals surface area contributed by atoms with Gasteiger partial charge in [0.2, 0.25) is 0 Å². The molecule has 0 bridgehead atoms. The third-order valence-electron chi connectivity index (χ3n) is 3.41. The smallest absolute Gasteiger partial charge is 0.0195 e. The SMILES string of the molecule is C=C(C)c1ccc(C)c(C)c1.C=Cc1ccccc1C.CN. The standard InChI is InChI=1S/C11H14.C9H10.CH5N/c1-8(2)11-6-5-9(3)10(4)7-11;1-3-9-7-5-4-6-8(9)2;1-2/h5-7H,1H2,2-4H3;3-7H,1H2,2H3;2H2,1H3. The Morgan fingerprint density at radius 1 is 0.909 bits per heavy atom. The first-order chi connectivity index (χ1) is 10.5. The molecule has 0 saturated heterocycles. The number of hydrogen-bond acceptors (Lipinski definition) is 1. The number of aryl methyl sites for hydroxylation is 3. The van der Waals surface area contributed by atoms with Gasteiger partial charge in [0.15, 0.2) is 0 Å². The minimum absolute atomic E-state index is 1.13. The molecule has 1 heteroatoms. The van der Waals surface area contributed by atoms with Crippen molar-refractivity contribution in [2.75, 3.05) is 7.05 Å². The van der Waals surface area contributed by atoms with Crippen LogP contribution < -0.4 is 5.73 Å². The Labute approximate surface area is 136 Å². The van der Waals surface area contributed by atoms with Crippen molar-refractivity contribution in [2.45, 2.75) is 27.7 Å². The van der Waals surface area contributed by atoms with Gasteiger partial charge in [-0.25, -0.2) is 0 Å². The van der Waals surface area contributed by atoms with Gasteiger partial charge < -0.3 is 5.73 Å². The molecule has 0 atom stereocenters. The van der Waals surface area contributed by atoms with Crippen LogP contribution >= 0.6 is 0 Å². The zero-order chi connectivity index (χ0) is 17.1. The van der Waals surface area contributed by atoms with Crippen molar-refractivity contribution in [3.63, 3.8) is 0 Å². The summed E-state index contributed by atoms with van der Waals surface area (Å²) in [6.45, 7) is 15.9. The van der Waals surface area contributed by atoms with E-state index in [1.54, 1.807) is 0 Å². The van der Waals surface area contributed by atoms with E-state index in [0.717, 1.165) is 5.57 Å². The molecule has 0 spiro atoms. The fourth-order valence-corrected chi connectivity index (χ4v) is 1.82. The highest BCUT2D eigenvalue weighted by molar-refractivity contribution is 5.62. The lowest BCUT2D eigenvalue weighted by Gasteiger charge is -2.03. The van der Waals surface area contributed by atoms with Crippen molar-refractivity contribution < 1.29 is 0 Å². The Morgan fingerprint density at radius 3 is 1.91 bits per heavy atom. The maximum atomic E-state index is 4.50. The molecule has 0 heterocycles. The quantitative estimate of drug-likeness (QED) is 0.772. The fourth-order valence-electron chi connectivity index (χ4n) is 1.82. The van der Waals surface area contributed by atoms with Crippen LogP contribution in [0.1, 0.15) is 34.7 Å². The first-order valence-electron chi connectivity index (χ1n) is 7.44. The second-order valence-electron chi connectivity index (χ2n) is 5.14. The molecular formula is C21H29N. The molecule has 2 aromatic carbocycles. The molecular weight excluding hydrogens is 266 g/mol. The molecule has 0 aliphatic carbocycles. The number of hydrogen-bond donors (Lipinski definition) is 1. The van der Waals surface area contributed by atoms with Gasteiger partial charge in [0.25, 0.3) is 0 Å². The van der Waals surface area contributed by atoms with E-state index < -0.39 is 0 Å². The predicted molar refractivity (Wildman–Crippen MR) is 102 cm³/mol. The van der Waals surface area contributed by atoms with E-state index in [0.29, 0.717) is 0 Å². The Balaban J connectivity index is 0.000000366. The Morgan fingerprint density at radius 2 is 1.50 bits per heavy atom. The highest BCUT2D eigenvalue weighted by Gasteiger charge is 1.95. The number of allylic oxidation sites excluding steroid dienone is 1. The molecule has 0 unspecified atom stereocenters. The lowest BCUT2D eigenvalue weighted by Crippen LogP contribution is -1.83. The Bertz CT molecular complexity index is 609. The lowest BCUT2D eigenvalue weighted by atomic mass is 10.0. The largest absolute Gasteiger partial charge is 0.333 e. The summed E-state index contributed by atoms with van der Waals surface area (Å²) in [7, 11) is 1.50. The minimum Gasteiger partial charge on any atom is -0.333 e. The van der Waals surface area contributed by atoms with E-state index in [9.17, 15) is 0 Å². The van der Waals surface area contributed by atoms with Gasteiger partial charge in [0.1, 0.15) is 0 Å². The van der Waals surface area contributed by atoms with E-state index >= 15 is 0 Å². The zero-order valence-corrected chi connectivity index (χ0v) is 14.6. The zero-order valence-electron chi connectivity index (χ0n) is 14.6. The average molecular weight is 295 g/mol. The van der Waals surface area contributed by atoms with Crippen LogP contribution in [0.2, 0.25) is 0 Å². The first kappa shape index (κ1) is 19.9. The van der Waals surface area contributed by atoms with Crippen LogP contribution in [0.3, 0.4) is 0 Å².